The van der Waals surface area contributed by atoms with Crippen molar-refractivity contribution in [2.45, 2.75) is 13.5 Å². The fourth-order valence-electron chi connectivity index (χ4n) is 1.46. The summed E-state index contributed by atoms with van der Waals surface area (Å²) in [5, 5.41) is 0.596. The quantitative estimate of drug-likeness (QED) is 0.925. The molecular weight excluding hydrogens is 316 g/mol. The first-order valence-electron chi connectivity index (χ1n) is 5.38. The van der Waals surface area contributed by atoms with Gasteiger partial charge in [-0.15, -0.1) is 0 Å². The average molecular weight is 328 g/mol. The molecule has 0 bridgehead atoms. The number of benzene rings is 1. The molecule has 0 saturated carbocycles. The third-order valence-electron chi connectivity index (χ3n) is 2.40. The lowest BCUT2D eigenvalue weighted by Gasteiger charge is -2.08. The molecule has 0 spiro atoms. The van der Waals surface area contributed by atoms with Gasteiger partial charge in [0.1, 0.15) is 5.75 Å². The Balaban J connectivity index is 2.26. The van der Waals surface area contributed by atoms with Gasteiger partial charge in [0.25, 0.3) is 0 Å². The summed E-state index contributed by atoms with van der Waals surface area (Å²) in [5.41, 5.74) is 7.50. The molecule has 5 heteroatoms. The second kappa shape index (κ2) is 5.69. The predicted molar refractivity (Wildman–Crippen MR) is 76.1 cm³/mol. The van der Waals surface area contributed by atoms with Crippen LogP contribution in [-0.4, -0.2) is 4.98 Å². The first-order chi connectivity index (χ1) is 8.60. The number of aryl methyl sites for hydroxylation is 1. The van der Waals surface area contributed by atoms with Gasteiger partial charge in [0.15, 0.2) is 0 Å². The zero-order valence-corrected chi connectivity index (χ0v) is 12.1. The maximum atomic E-state index is 6.07. The summed E-state index contributed by atoms with van der Waals surface area (Å²) in [5.74, 6) is 1.14. The van der Waals surface area contributed by atoms with Crippen LogP contribution in [0.15, 0.2) is 34.9 Å². The number of halogens is 2. The summed E-state index contributed by atoms with van der Waals surface area (Å²) in [6.07, 6.45) is 1.75. The van der Waals surface area contributed by atoms with Gasteiger partial charge in [0.2, 0.25) is 5.88 Å². The predicted octanol–water partition coefficient (Wildman–Crippen LogP) is 4.06. The van der Waals surface area contributed by atoms with E-state index in [0.717, 1.165) is 15.6 Å². The van der Waals surface area contributed by atoms with E-state index >= 15 is 0 Å². The highest BCUT2D eigenvalue weighted by Crippen LogP contribution is 2.30. The number of rotatable bonds is 3. The van der Waals surface area contributed by atoms with Crippen molar-refractivity contribution in [3.8, 4) is 11.6 Å². The van der Waals surface area contributed by atoms with Gasteiger partial charge < -0.3 is 10.5 Å². The van der Waals surface area contributed by atoms with Crippen LogP contribution in [0.4, 0.5) is 0 Å². The normalized spacial score (nSPS) is 10.4. The minimum absolute atomic E-state index is 0.408. The fourth-order valence-corrected chi connectivity index (χ4v) is 2.26. The number of aromatic nitrogens is 1. The molecule has 0 amide bonds. The van der Waals surface area contributed by atoms with E-state index < -0.39 is 0 Å². The van der Waals surface area contributed by atoms with Crippen LogP contribution in [0.25, 0.3) is 0 Å². The Morgan fingerprint density at radius 1 is 1.39 bits per heavy atom. The Labute approximate surface area is 119 Å². The third-order valence-corrected chi connectivity index (χ3v) is 3.32. The molecule has 0 radical (unpaired) electrons. The maximum absolute atomic E-state index is 6.07. The van der Waals surface area contributed by atoms with Crippen LogP contribution in [0.2, 0.25) is 5.02 Å². The van der Waals surface area contributed by atoms with Crippen molar-refractivity contribution in [2.75, 3.05) is 0 Å². The Hall–Kier alpha value is -1.10. The van der Waals surface area contributed by atoms with Gasteiger partial charge >= 0.3 is 0 Å². The number of nitrogens with two attached hydrogens (primary N) is 1. The summed E-state index contributed by atoms with van der Waals surface area (Å²) in [4.78, 5) is 4.21. The van der Waals surface area contributed by atoms with Gasteiger partial charge in [-0.3, -0.25) is 0 Å². The third kappa shape index (κ3) is 3.02. The van der Waals surface area contributed by atoms with Gasteiger partial charge in [-0.2, -0.15) is 0 Å². The van der Waals surface area contributed by atoms with Crippen molar-refractivity contribution in [3.05, 3.63) is 51.1 Å². The lowest BCUT2D eigenvalue weighted by Crippen LogP contribution is -1.97. The van der Waals surface area contributed by atoms with Crippen molar-refractivity contribution in [1.82, 2.24) is 4.98 Å². The second-order valence-electron chi connectivity index (χ2n) is 3.86. The molecule has 3 nitrogen and oxygen atoms in total. The Bertz CT molecular complexity index is 575. The SMILES string of the molecule is Cc1cnc(Oc2ccc(CN)c(Cl)c2)c(Br)c1. The zero-order valence-electron chi connectivity index (χ0n) is 9.78. The van der Waals surface area contributed by atoms with Gasteiger partial charge in [-0.25, -0.2) is 4.98 Å². The van der Waals surface area contributed by atoms with Crippen LogP contribution < -0.4 is 10.5 Å². The van der Waals surface area contributed by atoms with Crippen molar-refractivity contribution in [3.63, 3.8) is 0 Å². The molecule has 1 heterocycles. The van der Waals surface area contributed by atoms with Crippen LogP contribution in [0.5, 0.6) is 11.6 Å². The topological polar surface area (TPSA) is 48.1 Å². The van der Waals surface area contributed by atoms with E-state index in [4.69, 9.17) is 22.1 Å². The molecule has 0 unspecified atom stereocenters. The highest BCUT2D eigenvalue weighted by atomic mass is 79.9. The number of ether oxygens (including phenoxy) is 1. The molecule has 0 aliphatic heterocycles. The largest absolute Gasteiger partial charge is 0.438 e. The lowest BCUT2D eigenvalue weighted by molar-refractivity contribution is 0.459. The van der Waals surface area contributed by atoms with Crippen LogP contribution in [0.3, 0.4) is 0 Å². The van der Waals surface area contributed by atoms with E-state index in [9.17, 15) is 0 Å². The van der Waals surface area contributed by atoms with E-state index in [1.807, 2.05) is 25.1 Å². The number of pyridine rings is 1. The molecule has 0 atom stereocenters. The molecule has 2 N–H and O–H groups in total. The van der Waals surface area contributed by atoms with Gasteiger partial charge in [-0.05, 0) is 52.2 Å². The first kappa shape index (κ1) is 13.3. The van der Waals surface area contributed by atoms with Gasteiger partial charge in [0, 0.05) is 17.8 Å². The fraction of sp³-hybridized carbons (Fsp3) is 0.154. The van der Waals surface area contributed by atoms with Crippen molar-refractivity contribution < 1.29 is 4.74 Å². The Morgan fingerprint density at radius 3 is 2.78 bits per heavy atom. The van der Waals surface area contributed by atoms with Gasteiger partial charge in [-0.1, -0.05) is 17.7 Å². The zero-order chi connectivity index (χ0) is 13.1. The van der Waals surface area contributed by atoms with Crippen LogP contribution in [0, 0.1) is 6.92 Å². The number of hydrogen-bond donors (Lipinski definition) is 1. The average Bonchev–Trinajstić information content (AvgIpc) is 2.33. The van der Waals surface area contributed by atoms with Crippen molar-refractivity contribution in [2.24, 2.45) is 5.73 Å². The summed E-state index contributed by atoms with van der Waals surface area (Å²) in [6.45, 7) is 2.38. The van der Waals surface area contributed by atoms with E-state index in [0.29, 0.717) is 23.2 Å². The Kier molecular flexibility index (Phi) is 4.22. The number of nitrogens with zero attached hydrogens (tertiary/aromatic N) is 1. The molecule has 0 aliphatic rings. The second-order valence-corrected chi connectivity index (χ2v) is 5.12. The highest BCUT2D eigenvalue weighted by molar-refractivity contribution is 9.10. The molecule has 18 heavy (non-hydrogen) atoms. The maximum Gasteiger partial charge on any atom is 0.233 e. The van der Waals surface area contributed by atoms with E-state index in [1.54, 1.807) is 12.3 Å². The standard InChI is InChI=1S/C13H12BrClN2O/c1-8-4-11(14)13(17-7-8)18-10-3-2-9(6-16)12(15)5-10/h2-5,7H,6,16H2,1H3. The summed E-state index contributed by atoms with van der Waals surface area (Å²) < 4.78 is 6.47. The molecule has 0 aliphatic carbocycles. The minimum atomic E-state index is 0.408. The molecule has 94 valence electrons. The summed E-state index contributed by atoms with van der Waals surface area (Å²) in [6, 6.07) is 7.34. The lowest BCUT2D eigenvalue weighted by atomic mass is 10.2. The van der Waals surface area contributed by atoms with Gasteiger partial charge in [0.05, 0.1) is 4.47 Å². The van der Waals surface area contributed by atoms with Crippen LogP contribution >= 0.6 is 27.5 Å². The van der Waals surface area contributed by atoms with Crippen molar-refractivity contribution in [1.29, 1.82) is 0 Å². The molecule has 0 saturated heterocycles. The Morgan fingerprint density at radius 2 is 2.17 bits per heavy atom. The molecule has 0 fully saturated rings. The minimum Gasteiger partial charge on any atom is -0.438 e. The van der Waals surface area contributed by atoms with Crippen LogP contribution in [0.1, 0.15) is 11.1 Å². The smallest absolute Gasteiger partial charge is 0.233 e. The molecule has 2 aromatic rings. The van der Waals surface area contributed by atoms with Crippen molar-refractivity contribution >= 4 is 27.5 Å². The monoisotopic (exact) mass is 326 g/mol. The molecule has 2 rings (SSSR count). The molecule has 1 aromatic heterocycles. The van der Waals surface area contributed by atoms with E-state index in [1.165, 1.54) is 0 Å². The summed E-state index contributed by atoms with van der Waals surface area (Å²) in [7, 11) is 0. The van der Waals surface area contributed by atoms with E-state index in [-0.39, 0.29) is 0 Å². The highest BCUT2D eigenvalue weighted by Gasteiger charge is 2.06. The first-order valence-corrected chi connectivity index (χ1v) is 6.55. The number of hydrogen-bond acceptors (Lipinski definition) is 3. The molecule has 1 aromatic carbocycles. The molecular formula is C13H12BrClN2O. The van der Waals surface area contributed by atoms with E-state index in [2.05, 4.69) is 20.9 Å². The summed E-state index contributed by atoms with van der Waals surface area (Å²) >= 11 is 9.48. The van der Waals surface area contributed by atoms with Crippen LogP contribution in [-0.2, 0) is 6.54 Å².